The Balaban J connectivity index is 1.49. The molecule has 5 nitrogen and oxygen atoms in total. The highest BCUT2D eigenvalue weighted by Gasteiger charge is 2.46. The predicted molar refractivity (Wildman–Crippen MR) is 142 cm³/mol. The lowest BCUT2D eigenvalue weighted by molar-refractivity contribution is -0.141. The SMILES string of the molecule is CC(=O)[C@H](CC1CCCCC1)N1CCN(C(=O)[C@@H]2CN(C(C)(C)C)C[C@H]2c2ccc(F)cc2F)[C@@H](C)C1. The molecule has 206 valence electrons. The average Bonchev–Trinajstić information content (AvgIpc) is 3.28. The van der Waals surface area contributed by atoms with E-state index in [-0.39, 0.29) is 41.1 Å². The molecule has 0 spiro atoms. The van der Waals surface area contributed by atoms with Crippen LogP contribution in [0.5, 0.6) is 0 Å². The maximum absolute atomic E-state index is 14.9. The molecule has 3 fully saturated rings. The molecule has 4 atom stereocenters. The molecule has 0 N–H and O–H groups in total. The third-order valence-electron chi connectivity index (χ3n) is 9.08. The van der Waals surface area contributed by atoms with Gasteiger partial charge in [0.15, 0.2) is 0 Å². The topological polar surface area (TPSA) is 43.9 Å². The van der Waals surface area contributed by atoms with Gasteiger partial charge in [-0.2, -0.15) is 0 Å². The van der Waals surface area contributed by atoms with Gasteiger partial charge >= 0.3 is 0 Å². The minimum atomic E-state index is -0.604. The van der Waals surface area contributed by atoms with Crippen LogP contribution in [-0.2, 0) is 9.59 Å². The zero-order valence-corrected chi connectivity index (χ0v) is 23.3. The van der Waals surface area contributed by atoms with Crippen molar-refractivity contribution in [2.75, 3.05) is 32.7 Å². The Labute approximate surface area is 221 Å². The summed E-state index contributed by atoms with van der Waals surface area (Å²) in [4.78, 5) is 33.1. The molecule has 2 saturated heterocycles. The Morgan fingerprint density at radius 3 is 2.32 bits per heavy atom. The first-order valence-corrected chi connectivity index (χ1v) is 14.2. The summed E-state index contributed by atoms with van der Waals surface area (Å²) >= 11 is 0. The highest BCUT2D eigenvalue weighted by molar-refractivity contribution is 5.82. The van der Waals surface area contributed by atoms with E-state index in [4.69, 9.17) is 0 Å². The van der Waals surface area contributed by atoms with Crippen molar-refractivity contribution in [1.82, 2.24) is 14.7 Å². The first kappa shape index (κ1) is 28.2. The van der Waals surface area contributed by atoms with E-state index >= 15 is 0 Å². The molecule has 1 amide bonds. The molecule has 3 aliphatic rings. The van der Waals surface area contributed by atoms with Gasteiger partial charge in [0.05, 0.1) is 12.0 Å². The smallest absolute Gasteiger partial charge is 0.227 e. The summed E-state index contributed by atoms with van der Waals surface area (Å²) in [5.74, 6) is -1.02. The number of hydrogen-bond acceptors (Lipinski definition) is 4. The molecular formula is C30H45F2N3O2. The third kappa shape index (κ3) is 6.42. The van der Waals surface area contributed by atoms with Crippen molar-refractivity contribution >= 4 is 11.7 Å². The van der Waals surface area contributed by atoms with E-state index in [2.05, 4.69) is 37.5 Å². The summed E-state index contributed by atoms with van der Waals surface area (Å²) in [6.07, 6.45) is 7.17. The summed E-state index contributed by atoms with van der Waals surface area (Å²) in [5, 5.41) is 0. The maximum atomic E-state index is 14.9. The van der Waals surface area contributed by atoms with E-state index in [1.807, 2.05) is 4.90 Å². The lowest BCUT2D eigenvalue weighted by Gasteiger charge is -2.44. The first-order valence-electron chi connectivity index (χ1n) is 14.2. The van der Waals surface area contributed by atoms with Gasteiger partial charge in [0.2, 0.25) is 5.91 Å². The van der Waals surface area contributed by atoms with Gasteiger partial charge in [0, 0.05) is 56.3 Å². The van der Waals surface area contributed by atoms with Crippen molar-refractivity contribution in [3.05, 3.63) is 35.4 Å². The van der Waals surface area contributed by atoms with Gasteiger partial charge in [-0.05, 0) is 58.6 Å². The van der Waals surface area contributed by atoms with E-state index in [9.17, 15) is 18.4 Å². The summed E-state index contributed by atoms with van der Waals surface area (Å²) in [5.41, 5.74) is 0.254. The third-order valence-corrected chi connectivity index (χ3v) is 9.08. The van der Waals surface area contributed by atoms with E-state index < -0.39 is 11.6 Å². The summed E-state index contributed by atoms with van der Waals surface area (Å²) in [6.45, 7) is 13.1. The van der Waals surface area contributed by atoms with Crippen LogP contribution in [0.25, 0.3) is 0 Å². The standard InChI is InChI=1S/C30H45F2N3O2/c1-20-17-33(28(21(2)36)15-22-9-7-6-8-10-22)13-14-35(20)29(37)26-19-34(30(3,4)5)18-25(26)24-12-11-23(31)16-27(24)32/h11-12,16,20,22,25-26,28H,6-10,13-15,17-19H2,1-5H3/t20-,25-,26+,28-/m0/s1. The summed E-state index contributed by atoms with van der Waals surface area (Å²) in [6, 6.07) is 3.61. The number of Topliss-reactive ketones (excluding diaryl/α,β-unsaturated/α-hetero) is 1. The highest BCUT2D eigenvalue weighted by Crippen LogP contribution is 2.39. The van der Waals surface area contributed by atoms with Crippen molar-refractivity contribution in [3.8, 4) is 0 Å². The number of halogens is 2. The number of amides is 1. The van der Waals surface area contributed by atoms with E-state index in [1.165, 1.54) is 44.2 Å². The molecule has 1 saturated carbocycles. The molecular weight excluding hydrogens is 472 g/mol. The number of hydrogen-bond donors (Lipinski definition) is 0. The van der Waals surface area contributed by atoms with Crippen LogP contribution in [0, 0.1) is 23.5 Å². The largest absolute Gasteiger partial charge is 0.337 e. The van der Waals surface area contributed by atoms with Crippen LogP contribution in [0.15, 0.2) is 18.2 Å². The van der Waals surface area contributed by atoms with Crippen molar-refractivity contribution in [3.63, 3.8) is 0 Å². The molecule has 37 heavy (non-hydrogen) atoms. The van der Waals surface area contributed by atoms with Gasteiger partial charge < -0.3 is 4.90 Å². The van der Waals surface area contributed by atoms with E-state index in [1.54, 1.807) is 6.92 Å². The van der Waals surface area contributed by atoms with Crippen LogP contribution in [0.1, 0.15) is 84.6 Å². The Hall–Kier alpha value is -1.86. The Morgan fingerprint density at radius 1 is 1.03 bits per heavy atom. The number of ketones is 1. The number of carbonyl (C=O) groups is 2. The van der Waals surface area contributed by atoms with Gasteiger partial charge in [-0.3, -0.25) is 19.4 Å². The Morgan fingerprint density at radius 2 is 1.73 bits per heavy atom. The van der Waals surface area contributed by atoms with Crippen LogP contribution in [0.4, 0.5) is 8.78 Å². The minimum absolute atomic E-state index is 0.0307. The van der Waals surface area contributed by atoms with Gasteiger partial charge in [-0.1, -0.05) is 38.2 Å². The molecule has 0 aromatic heterocycles. The van der Waals surface area contributed by atoms with Crippen molar-refractivity contribution < 1.29 is 18.4 Å². The van der Waals surface area contributed by atoms with Gasteiger partial charge in [-0.25, -0.2) is 8.78 Å². The van der Waals surface area contributed by atoms with Crippen LogP contribution in [-0.4, -0.2) is 76.7 Å². The van der Waals surface area contributed by atoms with Crippen LogP contribution in [0.2, 0.25) is 0 Å². The fourth-order valence-corrected chi connectivity index (χ4v) is 6.84. The van der Waals surface area contributed by atoms with Gasteiger partial charge in [0.1, 0.15) is 17.4 Å². The summed E-state index contributed by atoms with van der Waals surface area (Å²) < 4.78 is 28.5. The Kier molecular flexibility index (Phi) is 8.74. The normalized spacial score (nSPS) is 27.4. The van der Waals surface area contributed by atoms with Gasteiger partial charge in [-0.15, -0.1) is 0 Å². The molecule has 1 aromatic rings. The molecule has 1 aromatic carbocycles. The quantitative estimate of drug-likeness (QED) is 0.518. The molecule has 4 rings (SSSR count). The van der Waals surface area contributed by atoms with Crippen molar-refractivity contribution in [1.29, 1.82) is 0 Å². The first-order chi connectivity index (χ1) is 17.5. The fourth-order valence-electron chi connectivity index (χ4n) is 6.84. The number of benzene rings is 1. The van der Waals surface area contributed by atoms with Crippen LogP contribution >= 0.6 is 0 Å². The number of nitrogens with zero attached hydrogens (tertiary/aromatic N) is 3. The second-order valence-corrected chi connectivity index (χ2v) is 12.7. The Bertz CT molecular complexity index is 972. The van der Waals surface area contributed by atoms with Crippen molar-refractivity contribution in [2.24, 2.45) is 11.8 Å². The summed E-state index contributed by atoms with van der Waals surface area (Å²) in [7, 11) is 0. The molecule has 0 radical (unpaired) electrons. The second-order valence-electron chi connectivity index (χ2n) is 12.7. The molecule has 0 unspecified atom stereocenters. The van der Waals surface area contributed by atoms with E-state index in [0.29, 0.717) is 44.2 Å². The molecule has 0 bridgehead atoms. The molecule has 2 heterocycles. The minimum Gasteiger partial charge on any atom is -0.337 e. The lowest BCUT2D eigenvalue weighted by Crippen LogP contribution is -2.59. The molecule has 7 heteroatoms. The zero-order chi connectivity index (χ0) is 26.9. The van der Waals surface area contributed by atoms with E-state index in [0.717, 1.165) is 12.5 Å². The maximum Gasteiger partial charge on any atom is 0.227 e. The zero-order valence-electron chi connectivity index (χ0n) is 23.3. The average molecular weight is 518 g/mol. The predicted octanol–water partition coefficient (Wildman–Crippen LogP) is 5.24. The highest BCUT2D eigenvalue weighted by atomic mass is 19.1. The number of rotatable bonds is 6. The van der Waals surface area contributed by atoms with Crippen LogP contribution in [0.3, 0.4) is 0 Å². The van der Waals surface area contributed by atoms with Crippen molar-refractivity contribution in [2.45, 2.75) is 96.7 Å². The number of piperazine rings is 1. The number of carbonyl (C=O) groups excluding carboxylic acids is 2. The van der Waals surface area contributed by atoms with Crippen LogP contribution < -0.4 is 0 Å². The fraction of sp³-hybridized carbons (Fsp3) is 0.733. The van der Waals surface area contributed by atoms with Gasteiger partial charge in [0.25, 0.3) is 0 Å². The lowest BCUT2D eigenvalue weighted by atomic mass is 9.83. The second kappa shape index (κ2) is 11.5. The molecule has 1 aliphatic carbocycles. The number of likely N-dealkylation sites (tertiary alicyclic amines) is 1. The monoisotopic (exact) mass is 517 g/mol. The molecule has 2 aliphatic heterocycles.